The van der Waals surface area contributed by atoms with Crippen molar-refractivity contribution in [3.8, 4) is 5.75 Å². The first-order chi connectivity index (χ1) is 11.1. The molecule has 23 heavy (non-hydrogen) atoms. The summed E-state index contributed by atoms with van der Waals surface area (Å²) < 4.78 is 10.7. The van der Waals surface area contributed by atoms with Crippen molar-refractivity contribution >= 4 is 12.3 Å². The number of aldehydes is 1. The average molecular weight is 318 g/mol. The van der Waals surface area contributed by atoms with Gasteiger partial charge in [0.2, 0.25) is 0 Å². The molecular formula is C19H26O4. The molecular weight excluding hydrogens is 292 g/mol. The summed E-state index contributed by atoms with van der Waals surface area (Å²) >= 11 is 0. The van der Waals surface area contributed by atoms with Crippen molar-refractivity contribution in [3.05, 3.63) is 42.0 Å². The Labute approximate surface area is 138 Å². The van der Waals surface area contributed by atoms with E-state index in [-0.39, 0.29) is 5.97 Å². The van der Waals surface area contributed by atoms with Crippen molar-refractivity contribution in [1.29, 1.82) is 0 Å². The number of hydrogen-bond acceptors (Lipinski definition) is 4. The van der Waals surface area contributed by atoms with Gasteiger partial charge >= 0.3 is 5.97 Å². The normalized spacial score (nSPS) is 10.1. The molecule has 0 spiro atoms. The molecule has 0 aliphatic carbocycles. The standard InChI is InChI=1S/C19H26O4/c1-16(2)19(21)23-14-8-6-4-3-5-7-13-22-18-11-9-17(15-20)10-12-18/h9-12,15H,1,3-8,13-14H2,2H3. The third-order valence-corrected chi connectivity index (χ3v) is 3.41. The van der Waals surface area contributed by atoms with Gasteiger partial charge in [-0.1, -0.05) is 32.3 Å². The predicted molar refractivity (Wildman–Crippen MR) is 90.8 cm³/mol. The molecule has 0 amide bonds. The van der Waals surface area contributed by atoms with Gasteiger partial charge in [-0.3, -0.25) is 4.79 Å². The van der Waals surface area contributed by atoms with E-state index in [0.29, 0.717) is 24.4 Å². The molecule has 0 aliphatic rings. The van der Waals surface area contributed by atoms with Crippen LogP contribution in [0.2, 0.25) is 0 Å². The lowest BCUT2D eigenvalue weighted by molar-refractivity contribution is -0.139. The Balaban J connectivity index is 1.92. The molecule has 1 rings (SSSR count). The van der Waals surface area contributed by atoms with Gasteiger partial charge in [0.1, 0.15) is 12.0 Å². The third kappa shape index (κ3) is 8.81. The highest BCUT2D eigenvalue weighted by atomic mass is 16.5. The number of hydrogen-bond donors (Lipinski definition) is 0. The Morgan fingerprint density at radius 3 is 2.13 bits per heavy atom. The van der Waals surface area contributed by atoms with Gasteiger partial charge in [-0.2, -0.15) is 0 Å². The molecule has 1 aromatic carbocycles. The van der Waals surface area contributed by atoms with Crippen LogP contribution in [0.4, 0.5) is 0 Å². The highest BCUT2D eigenvalue weighted by molar-refractivity contribution is 5.86. The molecule has 0 unspecified atom stereocenters. The first-order valence-electron chi connectivity index (χ1n) is 8.14. The zero-order valence-corrected chi connectivity index (χ0v) is 13.9. The highest BCUT2D eigenvalue weighted by Gasteiger charge is 2.01. The maximum Gasteiger partial charge on any atom is 0.333 e. The van der Waals surface area contributed by atoms with Crippen LogP contribution in [0.1, 0.15) is 55.8 Å². The molecule has 0 saturated carbocycles. The molecule has 0 radical (unpaired) electrons. The number of carbonyl (C=O) groups excluding carboxylic acids is 2. The van der Waals surface area contributed by atoms with E-state index in [4.69, 9.17) is 9.47 Å². The molecule has 0 saturated heterocycles. The Morgan fingerprint density at radius 1 is 1.00 bits per heavy atom. The lowest BCUT2D eigenvalue weighted by atomic mass is 10.1. The van der Waals surface area contributed by atoms with E-state index in [1.165, 1.54) is 0 Å². The maximum atomic E-state index is 11.1. The average Bonchev–Trinajstić information content (AvgIpc) is 2.56. The lowest BCUT2D eigenvalue weighted by Crippen LogP contribution is -2.06. The molecule has 0 fully saturated rings. The van der Waals surface area contributed by atoms with Gasteiger partial charge in [0.05, 0.1) is 13.2 Å². The first-order valence-corrected chi connectivity index (χ1v) is 8.14. The summed E-state index contributed by atoms with van der Waals surface area (Å²) in [5.74, 6) is 0.498. The number of benzene rings is 1. The van der Waals surface area contributed by atoms with Crippen LogP contribution >= 0.6 is 0 Å². The minimum atomic E-state index is -0.302. The van der Waals surface area contributed by atoms with E-state index in [0.717, 1.165) is 50.6 Å². The number of esters is 1. The van der Waals surface area contributed by atoms with Crippen LogP contribution < -0.4 is 4.74 Å². The van der Waals surface area contributed by atoms with Gasteiger partial charge in [0, 0.05) is 11.1 Å². The largest absolute Gasteiger partial charge is 0.494 e. The van der Waals surface area contributed by atoms with Crippen molar-refractivity contribution in [2.75, 3.05) is 13.2 Å². The smallest absolute Gasteiger partial charge is 0.333 e. The second kappa shape index (κ2) is 11.5. The zero-order chi connectivity index (χ0) is 16.9. The second-order valence-electron chi connectivity index (χ2n) is 5.57. The number of ether oxygens (including phenoxy) is 2. The molecule has 0 atom stereocenters. The molecule has 4 nitrogen and oxygen atoms in total. The Morgan fingerprint density at radius 2 is 1.57 bits per heavy atom. The monoisotopic (exact) mass is 318 g/mol. The molecule has 0 bridgehead atoms. The summed E-state index contributed by atoms with van der Waals surface area (Å²) in [5.41, 5.74) is 1.11. The van der Waals surface area contributed by atoms with Crippen LogP contribution in [0.15, 0.2) is 36.4 Å². The summed E-state index contributed by atoms with van der Waals surface area (Å²) in [4.78, 5) is 21.7. The van der Waals surface area contributed by atoms with Crippen LogP contribution in [0.5, 0.6) is 5.75 Å². The summed E-state index contributed by atoms with van der Waals surface area (Å²) in [6.07, 6.45) is 7.22. The van der Waals surface area contributed by atoms with Crippen molar-refractivity contribution in [1.82, 2.24) is 0 Å². The van der Waals surface area contributed by atoms with Crippen LogP contribution in [-0.4, -0.2) is 25.5 Å². The SMILES string of the molecule is C=C(C)C(=O)OCCCCCCCCOc1ccc(C=O)cc1. The third-order valence-electron chi connectivity index (χ3n) is 3.41. The molecule has 0 N–H and O–H groups in total. The van der Waals surface area contributed by atoms with E-state index in [1.807, 2.05) is 12.1 Å². The maximum absolute atomic E-state index is 11.1. The second-order valence-corrected chi connectivity index (χ2v) is 5.57. The Hall–Kier alpha value is -2.10. The zero-order valence-electron chi connectivity index (χ0n) is 13.9. The van der Waals surface area contributed by atoms with Crippen molar-refractivity contribution < 1.29 is 19.1 Å². The number of carbonyl (C=O) groups is 2. The topological polar surface area (TPSA) is 52.6 Å². The van der Waals surface area contributed by atoms with Crippen LogP contribution in [0, 0.1) is 0 Å². The van der Waals surface area contributed by atoms with E-state index < -0.39 is 0 Å². The van der Waals surface area contributed by atoms with Gasteiger partial charge in [0.15, 0.2) is 0 Å². The number of rotatable bonds is 12. The van der Waals surface area contributed by atoms with Gasteiger partial charge in [-0.05, 0) is 44.0 Å². The summed E-state index contributed by atoms with van der Waals surface area (Å²) in [6, 6.07) is 7.14. The van der Waals surface area contributed by atoms with E-state index in [2.05, 4.69) is 6.58 Å². The molecule has 126 valence electrons. The van der Waals surface area contributed by atoms with E-state index >= 15 is 0 Å². The fraction of sp³-hybridized carbons (Fsp3) is 0.474. The van der Waals surface area contributed by atoms with Crippen LogP contribution in [-0.2, 0) is 9.53 Å². The van der Waals surface area contributed by atoms with Crippen LogP contribution in [0.25, 0.3) is 0 Å². The summed E-state index contributed by atoms with van der Waals surface area (Å²) in [7, 11) is 0. The van der Waals surface area contributed by atoms with Crippen LogP contribution in [0.3, 0.4) is 0 Å². The van der Waals surface area contributed by atoms with Gasteiger partial charge < -0.3 is 9.47 Å². The Kier molecular flexibility index (Phi) is 9.45. The van der Waals surface area contributed by atoms with E-state index in [9.17, 15) is 9.59 Å². The summed E-state index contributed by atoms with van der Waals surface area (Å²) in [6.45, 7) is 6.36. The Bertz CT molecular complexity index is 491. The summed E-state index contributed by atoms with van der Waals surface area (Å²) in [5, 5.41) is 0. The lowest BCUT2D eigenvalue weighted by Gasteiger charge is -2.06. The van der Waals surface area contributed by atoms with Gasteiger partial charge in [-0.25, -0.2) is 4.79 Å². The van der Waals surface area contributed by atoms with Crippen molar-refractivity contribution in [2.45, 2.75) is 45.4 Å². The van der Waals surface area contributed by atoms with Gasteiger partial charge in [0.25, 0.3) is 0 Å². The highest BCUT2D eigenvalue weighted by Crippen LogP contribution is 2.12. The van der Waals surface area contributed by atoms with Crippen molar-refractivity contribution in [2.24, 2.45) is 0 Å². The minimum absolute atomic E-state index is 0.302. The molecule has 1 aromatic rings. The fourth-order valence-corrected chi connectivity index (χ4v) is 2.03. The first kappa shape index (κ1) is 18.9. The minimum Gasteiger partial charge on any atom is -0.494 e. The fourth-order valence-electron chi connectivity index (χ4n) is 2.03. The van der Waals surface area contributed by atoms with E-state index in [1.54, 1.807) is 19.1 Å². The number of unbranched alkanes of at least 4 members (excludes halogenated alkanes) is 5. The quantitative estimate of drug-likeness (QED) is 0.249. The molecule has 0 aromatic heterocycles. The molecule has 4 heteroatoms. The molecule has 0 heterocycles. The molecule has 0 aliphatic heterocycles. The van der Waals surface area contributed by atoms with Gasteiger partial charge in [-0.15, -0.1) is 0 Å². The van der Waals surface area contributed by atoms with Crippen molar-refractivity contribution in [3.63, 3.8) is 0 Å². The predicted octanol–water partition coefficient (Wildman–Crippen LogP) is 4.34.